The summed E-state index contributed by atoms with van der Waals surface area (Å²) in [5.41, 5.74) is 0. The number of hydrogen-bond acceptors (Lipinski definition) is 4. The van der Waals surface area contributed by atoms with E-state index in [-0.39, 0.29) is 11.9 Å². The number of nitrogens with zero attached hydrogens (tertiary/aromatic N) is 3. The van der Waals surface area contributed by atoms with Crippen LogP contribution in [0.1, 0.15) is 19.4 Å². The van der Waals surface area contributed by atoms with Crippen LogP contribution < -0.4 is 5.32 Å². The van der Waals surface area contributed by atoms with Gasteiger partial charge in [-0.15, -0.1) is 11.8 Å². The Bertz CT molecular complexity index is 515. The molecule has 0 aliphatic heterocycles. The highest BCUT2D eigenvalue weighted by atomic mass is 32.2. The fourth-order valence-corrected chi connectivity index (χ4v) is 2.56. The molecule has 0 saturated carbocycles. The minimum atomic E-state index is -0.232. The standard InChI is InChI=1S/C14H18N4OS/c1-2-12(18-10-5-8-17-18)14(19)16-9-11-20-13-6-3-4-7-15-13/h3-8,10,12H,2,9,11H2,1H3,(H,16,19). The summed E-state index contributed by atoms with van der Waals surface area (Å²) < 4.78 is 1.70. The van der Waals surface area contributed by atoms with E-state index in [9.17, 15) is 4.79 Å². The van der Waals surface area contributed by atoms with Crippen molar-refractivity contribution < 1.29 is 4.79 Å². The van der Waals surface area contributed by atoms with Crippen molar-refractivity contribution in [3.05, 3.63) is 42.9 Å². The first-order chi connectivity index (χ1) is 9.81. The highest BCUT2D eigenvalue weighted by Gasteiger charge is 2.17. The van der Waals surface area contributed by atoms with Gasteiger partial charge in [0.2, 0.25) is 5.91 Å². The molecule has 1 unspecified atom stereocenters. The van der Waals surface area contributed by atoms with E-state index < -0.39 is 0 Å². The van der Waals surface area contributed by atoms with Crippen LogP contribution in [0.25, 0.3) is 0 Å². The summed E-state index contributed by atoms with van der Waals surface area (Å²) in [5.74, 6) is 0.816. The van der Waals surface area contributed by atoms with Crippen LogP contribution in [0.3, 0.4) is 0 Å². The summed E-state index contributed by atoms with van der Waals surface area (Å²) in [5, 5.41) is 8.04. The Balaban J connectivity index is 1.74. The van der Waals surface area contributed by atoms with E-state index in [0.717, 1.165) is 17.2 Å². The Morgan fingerprint density at radius 1 is 1.40 bits per heavy atom. The van der Waals surface area contributed by atoms with Gasteiger partial charge in [0.25, 0.3) is 0 Å². The maximum Gasteiger partial charge on any atom is 0.244 e. The number of rotatable bonds is 7. The molecule has 2 rings (SSSR count). The van der Waals surface area contributed by atoms with E-state index in [4.69, 9.17) is 0 Å². The van der Waals surface area contributed by atoms with Crippen molar-refractivity contribution in [2.24, 2.45) is 0 Å². The number of pyridine rings is 1. The van der Waals surface area contributed by atoms with Crippen molar-refractivity contribution in [1.29, 1.82) is 0 Å². The van der Waals surface area contributed by atoms with Gasteiger partial charge in [-0.3, -0.25) is 9.48 Å². The molecule has 5 nitrogen and oxygen atoms in total. The van der Waals surface area contributed by atoms with Crippen LogP contribution in [0.4, 0.5) is 0 Å². The van der Waals surface area contributed by atoms with Crippen LogP contribution in [0.15, 0.2) is 47.9 Å². The van der Waals surface area contributed by atoms with E-state index >= 15 is 0 Å². The molecule has 2 heterocycles. The third-order valence-electron chi connectivity index (χ3n) is 2.82. The van der Waals surface area contributed by atoms with Crippen molar-refractivity contribution in [2.45, 2.75) is 24.4 Å². The molecule has 1 atom stereocenters. The fraction of sp³-hybridized carbons (Fsp3) is 0.357. The molecule has 0 bridgehead atoms. The second kappa shape index (κ2) is 7.69. The number of aromatic nitrogens is 3. The van der Waals surface area contributed by atoms with Crippen LogP contribution in [-0.4, -0.2) is 33.0 Å². The zero-order valence-corrected chi connectivity index (χ0v) is 12.2. The minimum absolute atomic E-state index is 0.0119. The third-order valence-corrected chi connectivity index (χ3v) is 3.77. The minimum Gasteiger partial charge on any atom is -0.353 e. The summed E-state index contributed by atoms with van der Waals surface area (Å²) >= 11 is 1.63. The predicted octanol–water partition coefficient (Wildman–Crippen LogP) is 2.14. The molecule has 0 aliphatic carbocycles. The van der Waals surface area contributed by atoms with Crippen molar-refractivity contribution in [1.82, 2.24) is 20.1 Å². The molecular formula is C14H18N4OS. The largest absolute Gasteiger partial charge is 0.353 e. The molecule has 0 radical (unpaired) electrons. The Hall–Kier alpha value is -1.82. The Kier molecular flexibility index (Phi) is 5.61. The first-order valence-electron chi connectivity index (χ1n) is 6.62. The van der Waals surface area contributed by atoms with Crippen molar-refractivity contribution >= 4 is 17.7 Å². The van der Waals surface area contributed by atoms with Crippen LogP contribution in [0, 0.1) is 0 Å². The molecule has 1 N–H and O–H groups in total. The van der Waals surface area contributed by atoms with Crippen LogP contribution in [-0.2, 0) is 4.79 Å². The zero-order chi connectivity index (χ0) is 14.2. The molecular weight excluding hydrogens is 272 g/mol. The highest BCUT2D eigenvalue weighted by Crippen LogP contribution is 2.13. The van der Waals surface area contributed by atoms with Gasteiger partial charge >= 0.3 is 0 Å². The monoisotopic (exact) mass is 290 g/mol. The number of carbonyl (C=O) groups is 1. The molecule has 1 amide bonds. The first kappa shape index (κ1) is 14.6. The second-order valence-electron chi connectivity index (χ2n) is 4.22. The van der Waals surface area contributed by atoms with Crippen LogP contribution >= 0.6 is 11.8 Å². The molecule has 0 fully saturated rings. The van der Waals surface area contributed by atoms with Crippen LogP contribution in [0.5, 0.6) is 0 Å². The lowest BCUT2D eigenvalue weighted by molar-refractivity contribution is -0.124. The van der Waals surface area contributed by atoms with Gasteiger partial charge in [-0.2, -0.15) is 5.10 Å². The molecule has 2 aromatic heterocycles. The lowest BCUT2D eigenvalue weighted by atomic mass is 10.2. The summed E-state index contributed by atoms with van der Waals surface area (Å²) in [6.45, 7) is 2.60. The summed E-state index contributed by atoms with van der Waals surface area (Å²) in [7, 11) is 0. The van der Waals surface area contributed by atoms with Crippen molar-refractivity contribution in [3.8, 4) is 0 Å². The molecule has 106 valence electrons. The van der Waals surface area contributed by atoms with E-state index in [0.29, 0.717) is 6.54 Å². The third kappa shape index (κ3) is 4.09. The topological polar surface area (TPSA) is 59.8 Å². The molecule has 0 aliphatic rings. The first-order valence-corrected chi connectivity index (χ1v) is 7.60. The number of hydrogen-bond donors (Lipinski definition) is 1. The number of nitrogens with one attached hydrogen (secondary N) is 1. The lowest BCUT2D eigenvalue weighted by Gasteiger charge is -2.15. The van der Waals surface area contributed by atoms with Gasteiger partial charge in [0, 0.05) is 30.9 Å². The normalized spacial score (nSPS) is 12.1. The van der Waals surface area contributed by atoms with E-state index in [2.05, 4.69) is 15.4 Å². The average molecular weight is 290 g/mol. The summed E-state index contributed by atoms with van der Waals surface area (Å²) in [4.78, 5) is 16.3. The Morgan fingerprint density at radius 2 is 2.30 bits per heavy atom. The van der Waals surface area contributed by atoms with Gasteiger partial charge in [0.05, 0.1) is 5.03 Å². The average Bonchev–Trinajstić information content (AvgIpc) is 2.99. The summed E-state index contributed by atoms with van der Waals surface area (Å²) in [6, 6.07) is 7.41. The van der Waals surface area contributed by atoms with Gasteiger partial charge in [-0.05, 0) is 24.6 Å². The molecule has 2 aromatic rings. The number of carbonyl (C=O) groups excluding carboxylic acids is 1. The van der Waals surface area contributed by atoms with Gasteiger partial charge in [0.1, 0.15) is 6.04 Å². The van der Waals surface area contributed by atoms with E-state index in [1.807, 2.05) is 37.4 Å². The smallest absolute Gasteiger partial charge is 0.244 e. The van der Waals surface area contributed by atoms with Gasteiger partial charge < -0.3 is 5.32 Å². The molecule has 0 saturated heterocycles. The highest BCUT2D eigenvalue weighted by molar-refractivity contribution is 7.99. The van der Waals surface area contributed by atoms with Gasteiger partial charge in [0.15, 0.2) is 0 Å². The number of thioether (sulfide) groups is 1. The lowest BCUT2D eigenvalue weighted by Crippen LogP contribution is -2.33. The Labute approximate surface area is 122 Å². The maximum absolute atomic E-state index is 12.1. The maximum atomic E-state index is 12.1. The van der Waals surface area contributed by atoms with Gasteiger partial charge in [-0.1, -0.05) is 13.0 Å². The van der Waals surface area contributed by atoms with Gasteiger partial charge in [-0.25, -0.2) is 4.98 Å². The molecule has 0 aromatic carbocycles. The molecule has 0 spiro atoms. The Morgan fingerprint density at radius 3 is 2.95 bits per heavy atom. The quantitative estimate of drug-likeness (QED) is 0.627. The summed E-state index contributed by atoms with van der Waals surface area (Å²) in [6.07, 6.45) is 6.00. The SMILES string of the molecule is CCC(C(=O)NCCSc1ccccn1)n1cccn1. The van der Waals surface area contributed by atoms with Crippen LogP contribution in [0.2, 0.25) is 0 Å². The number of amides is 1. The predicted molar refractivity (Wildman–Crippen MR) is 79.5 cm³/mol. The molecule has 20 heavy (non-hydrogen) atoms. The fourth-order valence-electron chi connectivity index (χ4n) is 1.84. The zero-order valence-electron chi connectivity index (χ0n) is 11.4. The van der Waals surface area contributed by atoms with Crippen molar-refractivity contribution in [3.63, 3.8) is 0 Å². The van der Waals surface area contributed by atoms with E-state index in [1.54, 1.807) is 28.8 Å². The van der Waals surface area contributed by atoms with E-state index in [1.165, 1.54) is 0 Å². The second-order valence-corrected chi connectivity index (χ2v) is 5.33. The van der Waals surface area contributed by atoms with Crippen molar-refractivity contribution in [2.75, 3.05) is 12.3 Å². The molecule has 6 heteroatoms.